The highest BCUT2D eigenvalue weighted by molar-refractivity contribution is 7.11. The van der Waals surface area contributed by atoms with Gasteiger partial charge in [-0.3, -0.25) is 0 Å². The lowest BCUT2D eigenvalue weighted by Gasteiger charge is -2.19. The van der Waals surface area contributed by atoms with E-state index in [1.165, 1.54) is 39.5 Å². The van der Waals surface area contributed by atoms with Gasteiger partial charge in [0.2, 0.25) is 0 Å². The fourth-order valence-electron chi connectivity index (χ4n) is 2.77. The van der Waals surface area contributed by atoms with Crippen molar-refractivity contribution in [3.8, 4) is 0 Å². The van der Waals surface area contributed by atoms with E-state index >= 15 is 0 Å². The van der Waals surface area contributed by atoms with Crippen molar-refractivity contribution in [2.45, 2.75) is 52.0 Å². The number of hydrogen-bond acceptors (Lipinski definition) is 3. The second-order valence-electron chi connectivity index (χ2n) is 6.19. The SMILES string of the molecule is Cc1ccccc1C(CNC1CC1)Cc1nc(C)c(C)s1. The fourth-order valence-corrected chi connectivity index (χ4v) is 3.78. The molecule has 2 aromatic rings. The average Bonchev–Trinajstić information content (AvgIpc) is 3.22. The first-order valence-corrected chi connectivity index (χ1v) is 8.67. The Labute approximate surface area is 131 Å². The van der Waals surface area contributed by atoms with Gasteiger partial charge in [-0.05, 0) is 44.7 Å². The molecule has 1 aliphatic carbocycles. The molecule has 0 amide bonds. The molecular weight excluding hydrogens is 276 g/mol. The Kier molecular flexibility index (Phi) is 4.41. The van der Waals surface area contributed by atoms with Crippen molar-refractivity contribution in [1.82, 2.24) is 10.3 Å². The first kappa shape index (κ1) is 14.7. The maximum absolute atomic E-state index is 4.74. The lowest BCUT2D eigenvalue weighted by atomic mass is 9.92. The molecule has 1 saturated carbocycles. The Morgan fingerprint density at radius 2 is 2.00 bits per heavy atom. The molecule has 112 valence electrons. The zero-order chi connectivity index (χ0) is 14.8. The van der Waals surface area contributed by atoms with Crippen LogP contribution in [0.4, 0.5) is 0 Å². The minimum atomic E-state index is 0.525. The van der Waals surface area contributed by atoms with Gasteiger partial charge < -0.3 is 5.32 Å². The summed E-state index contributed by atoms with van der Waals surface area (Å²) in [5.41, 5.74) is 4.05. The molecule has 0 spiro atoms. The van der Waals surface area contributed by atoms with Gasteiger partial charge in [0.05, 0.1) is 10.7 Å². The van der Waals surface area contributed by atoms with Gasteiger partial charge >= 0.3 is 0 Å². The Balaban J connectivity index is 1.79. The van der Waals surface area contributed by atoms with E-state index in [1.807, 2.05) is 11.3 Å². The predicted octanol–water partition coefficient (Wildman–Crippen LogP) is 4.15. The second kappa shape index (κ2) is 6.29. The number of rotatable bonds is 6. The molecule has 1 aliphatic rings. The summed E-state index contributed by atoms with van der Waals surface area (Å²) in [6, 6.07) is 9.54. The first-order chi connectivity index (χ1) is 10.1. The van der Waals surface area contributed by atoms with Gasteiger partial charge in [0.25, 0.3) is 0 Å². The van der Waals surface area contributed by atoms with Crippen molar-refractivity contribution in [2.24, 2.45) is 0 Å². The van der Waals surface area contributed by atoms with Crippen molar-refractivity contribution in [2.75, 3.05) is 6.54 Å². The summed E-state index contributed by atoms with van der Waals surface area (Å²) < 4.78 is 0. The number of benzene rings is 1. The van der Waals surface area contributed by atoms with Crippen LogP contribution < -0.4 is 5.32 Å². The Morgan fingerprint density at radius 1 is 1.24 bits per heavy atom. The zero-order valence-electron chi connectivity index (χ0n) is 13.1. The normalized spacial score (nSPS) is 16.1. The van der Waals surface area contributed by atoms with Crippen LogP contribution in [0.1, 0.15) is 45.5 Å². The molecule has 1 heterocycles. The highest BCUT2D eigenvalue weighted by atomic mass is 32.1. The molecule has 0 saturated heterocycles. The van der Waals surface area contributed by atoms with Crippen LogP contribution in [0.15, 0.2) is 24.3 Å². The van der Waals surface area contributed by atoms with Crippen LogP contribution in [0, 0.1) is 20.8 Å². The summed E-state index contributed by atoms with van der Waals surface area (Å²) in [5.74, 6) is 0.525. The van der Waals surface area contributed by atoms with Gasteiger partial charge in [0.15, 0.2) is 0 Å². The van der Waals surface area contributed by atoms with Gasteiger partial charge in [0, 0.05) is 29.8 Å². The topological polar surface area (TPSA) is 24.9 Å². The maximum Gasteiger partial charge on any atom is 0.0937 e. The molecule has 0 radical (unpaired) electrons. The Morgan fingerprint density at radius 3 is 2.62 bits per heavy atom. The predicted molar refractivity (Wildman–Crippen MR) is 90.2 cm³/mol. The van der Waals surface area contributed by atoms with Crippen molar-refractivity contribution >= 4 is 11.3 Å². The van der Waals surface area contributed by atoms with Crippen LogP contribution in [0.2, 0.25) is 0 Å². The zero-order valence-corrected chi connectivity index (χ0v) is 14.0. The van der Waals surface area contributed by atoms with Gasteiger partial charge in [-0.2, -0.15) is 0 Å². The molecule has 3 heteroatoms. The molecular formula is C18H24N2S. The van der Waals surface area contributed by atoms with E-state index in [2.05, 4.69) is 50.4 Å². The van der Waals surface area contributed by atoms with Gasteiger partial charge in [0.1, 0.15) is 0 Å². The van der Waals surface area contributed by atoms with E-state index in [9.17, 15) is 0 Å². The van der Waals surface area contributed by atoms with Crippen LogP contribution in [0.5, 0.6) is 0 Å². The van der Waals surface area contributed by atoms with E-state index in [4.69, 9.17) is 4.98 Å². The molecule has 1 N–H and O–H groups in total. The lowest BCUT2D eigenvalue weighted by Crippen LogP contribution is -2.25. The molecule has 3 rings (SSSR count). The largest absolute Gasteiger partial charge is 0.313 e. The Hall–Kier alpha value is -1.19. The molecule has 0 bridgehead atoms. The van der Waals surface area contributed by atoms with Crippen molar-refractivity contribution in [3.63, 3.8) is 0 Å². The summed E-state index contributed by atoms with van der Waals surface area (Å²) in [6.07, 6.45) is 3.73. The maximum atomic E-state index is 4.74. The van der Waals surface area contributed by atoms with Crippen LogP contribution in [0.3, 0.4) is 0 Å². The van der Waals surface area contributed by atoms with Gasteiger partial charge in [-0.25, -0.2) is 4.98 Å². The summed E-state index contributed by atoms with van der Waals surface area (Å²) >= 11 is 1.85. The lowest BCUT2D eigenvalue weighted by molar-refractivity contribution is 0.574. The number of nitrogens with zero attached hydrogens (tertiary/aromatic N) is 1. The van der Waals surface area contributed by atoms with Crippen LogP contribution >= 0.6 is 11.3 Å². The third-order valence-electron chi connectivity index (χ3n) is 4.35. The monoisotopic (exact) mass is 300 g/mol. The molecule has 1 unspecified atom stereocenters. The Bertz CT molecular complexity index is 594. The highest BCUT2D eigenvalue weighted by Gasteiger charge is 2.23. The third-order valence-corrected chi connectivity index (χ3v) is 5.45. The summed E-state index contributed by atoms with van der Waals surface area (Å²) in [6.45, 7) is 7.56. The highest BCUT2D eigenvalue weighted by Crippen LogP contribution is 2.28. The van der Waals surface area contributed by atoms with E-state index in [0.717, 1.165) is 19.0 Å². The smallest absolute Gasteiger partial charge is 0.0937 e. The number of nitrogens with one attached hydrogen (secondary N) is 1. The van der Waals surface area contributed by atoms with E-state index < -0.39 is 0 Å². The summed E-state index contributed by atoms with van der Waals surface area (Å²) in [5, 5.41) is 4.97. The molecule has 21 heavy (non-hydrogen) atoms. The van der Waals surface area contributed by atoms with Crippen LogP contribution in [-0.4, -0.2) is 17.6 Å². The minimum Gasteiger partial charge on any atom is -0.313 e. The fraction of sp³-hybridized carbons (Fsp3) is 0.500. The van der Waals surface area contributed by atoms with Crippen molar-refractivity contribution < 1.29 is 0 Å². The van der Waals surface area contributed by atoms with Crippen LogP contribution in [0.25, 0.3) is 0 Å². The van der Waals surface area contributed by atoms with E-state index in [-0.39, 0.29) is 0 Å². The molecule has 1 aromatic heterocycles. The van der Waals surface area contributed by atoms with E-state index in [1.54, 1.807) is 0 Å². The molecule has 1 fully saturated rings. The average molecular weight is 300 g/mol. The number of thiazole rings is 1. The quantitative estimate of drug-likeness (QED) is 0.867. The molecule has 0 aliphatic heterocycles. The summed E-state index contributed by atoms with van der Waals surface area (Å²) in [4.78, 5) is 6.09. The molecule has 1 aromatic carbocycles. The van der Waals surface area contributed by atoms with Gasteiger partial charge in [-0.15, -0.1) is 11.3 Å². The first-order valence-electron chi connectivity index (χ1n) is 7.85. The van der Waals surface area contributed by atoms with Gasteiger partial charge in [-0.1, -0.05) is 24.3 Å². The number of hydrogen-bond donors (Lipinski definition) is 1. The molecule has 1 atom stereocenters. The van der Waals surface area contributed by atoms with E-state index in [0.29, 0.717) is 5.92 Å². The molecule has 2 nitrogen and oxygen atoms in total. The summed E-state index contributed by atoms with van der Waals surface area (Å²) in [7, 11) is 0. The second-order valence-corrected chi connectivity index (χ2v) is 7.48. The number of aromatic nitrogens is 1. The van der Waals surface area contributed by atoms with Crippen molar-refractivity contribution in [1.29, 1.82) is 0 Å². The van der Waals surface area contributed by atoms with Crippen molar-refractivity contribution in [3.05, 3.63) is 51.0 Å². The number of aryl methyl sites for hydroxylation is 3. The minimum absolute atomic E-state index is 0.525. The third kappa shape index (κ3) is 3.72. The van der Waals surface area contributed by atoms with Crippen LogP contribution in [-0.2, 0) is 6.42 Å². The standard InChI is InChI=1S/C18H24N2S/c1-12-6-4-5-7-17(12)15(11-19-16-8-9-16)10-18-20-13(2)14(3)21-18/h4-7,15-16,19H,8-11H2,1-3H3.